The Labute approximate surface area is 136 Å². The van der Waals surface area contributed by atoms with Gasteiger partial charge in [-0.3, -0.25) is 4.79 Å². The van der Waals surface area contributed by atoms with E-state index in [1.54, 1.807) is 0 Å². The molecule has 1 aromatic rings. The highest BCUT2D eigenvalue weighted by Gasteiger charge is 2.42. The summed E-state index contributed by atoms with van der Waals surface area (Å²) in [5, 5.41) is 4.49. The van der Waals surface area contributed by atoms with Crippen LogP contribution >= 0.6 is 0 Å². The number of rotatable bonds is 5. The SMILES string of the molecule is CC[Si](CC)(CC)C1=C(C)[C@H](C)[C@H](c2ccccc2)NC1=O. The summed E-state index contributed by atoms with van der Waals surface area (Å²) in [5.74, 6) is 0.563. The molecular formula is C19H29NOSi. The maximum atomic E-state index is 12.9. The minimum Gasteiger partial charge on any atom is -0.345 e. The fourth-order valence-electron chi connectivity index (χ4n) is 3.97. The van der Waals surface area contributed by atoms with Gasteiger partial charge in [0.2, 0.25) is 5.91 Å². The molecule has 1 aliphatic rings. The van der Waals surface area contributed by atoms with Crippen molar-refractivity contribution in [1.82, 2.24) is 5.32 Å². The fourth-order valence-corrected chi connectivity index (χ4v) is 8.15. The molecular weight excluding hydrogens is 286 g/mol. The molecule has 1 N–H and O–H groups in total. The number of benzene rings is 1. The fraction of sp³-hybridized carbons (Fsp3) is 0.526. The van der Waals surface area contributed by atoms with Gasteiger partial charge in [0, 0.05) is 11.1 Å². The Bertz CT molecular complexity index is 552. The van der Waals surface area contributed by atoms with Crippen LogP contribution in [-0.4, -0.2) is 14.0 Å². The summed E-state index contributed by atoms with van der Waals surface area (Å²) < 4.78 is 0. The van der Waals surface area contributed by atoms with Gasteiger partial charge in [-0.15, -0.1) is 0 Å². The van der Waals surface area contributed by atoms with E-state index in [9.17, 15) is 4.79 Å². The predicted octanol–water partition coefficient (Wildman–Crippen LogP) is 4.86. The van der Waals surface area contributed by atoms with Gasteiger partial charge >= 0.3 is 0 Å². The smallest absolute Gasteiger partial charge is 0.243 e. The van der Waals surface area contributed by atoms with Gasteiger partial charge in [0.15, 0.2) is 0 Å². The first kappa shape index (κ1) is 17.0. The van der Waals surface area contributed by atoms with Crippen LogP contribution in [0.25, 0.3) is 0 Å². The zero-order valence-electron chi connectivity index (χ0n) is 14.6. The Kier molecular flexibility index (Phi) is 5.27. The maximum Gasteiger partial charge on any atom is 0.243 e. The van der Waals surface area contributed by atoms with E-state index in [0.717, 1.165) is 18.1 Å². The second-order valence-corrected chi connectivity index (χ2v) is 11.7. The molecule has 0 radical (unpaired) electrons. The Morgan fingerprint density at radius 1 is 1.05 bits per heavy atom. The summed E-state index contributed by atoms with van der Waals surface area (Å²) in [6.45, 7) is 11.2. The molecule has 0 saturated heterocycles. The van der Waals surface area contributed by atoms with Gasteiger partial charge < -0.3 is 5.32 Å². The lowest BCUT2D eigenvalue weighted by Gasteiger charge is -2.40. The Balaban J connectivity index is 2.46. The number of carbonyl (C=O) groups excluding carboxylic acids is 1. The summed E-state index contributed by atoms with van der Waals surface area (Å²) >= 11 is 0. The monoisotopic (exact) mass is 315 g/mol. The molecule has 0 spiro atoms. The third-order valence-corrected chi connectivity index (χ3v) is 11.6. The minimum atomic E-state index is -1.65. The molecule has 1 aliphatic heterocycles. The first-order valence-corrected chi connectivity index (χ1v) is 11.2. The van der Waals surface area contributed by atoms with E-state index in [2.05, 4.69) is 52.1 Å². The largest absolute Gasteiger partial charge is 0.345 e. The van der Waals surface area contributed by atoms with Crippen molar-refractivity contribution in [3.05, 3.63) is 46.7 Å². The second kappa shape index (κ2) is 6.82. The standard InChI is InChI=1S/C19H29NOSi/c1-6-22(7-2,8-3)18-15(5)14(4)17(20-19(18)21)16-12-10-9-11-13-16/h9-14,17H,6-8H2,1-5H3,(H,20,21)/t14-,17+/m0/s1. The zero-order valence-corrected chi connectivity index (χ0v) is 15.6. The molecule has 0 unspecified atom stereocenters. The average molecular weight is 316 g/mol. The molecule has 0 aliphatic carbocycles. The quantitative estimate of drug-likeness (QED) is 0.773. The second-order valence-electron chi connectivity index (χ2n) is 6.55. The molecule has 0 fully saturated rings. The summed E-state index contributed by atoms with van der Waals surface area (Å²) in [5.41, 5.74) is 2.54. The Morgan fingerprint density at radius 2 is 1.59 bits per heavy atom. The molecule has 0 bridgehead atoms. The van der Waals surface area contributed by atoms with Gasteiger partial charge in [0.05, 0.1) is 14.1 Å². The van der Waals surface area contributed by atoms with Crippen LogP contribution in [0.15, 0.2) is 41.1 Å². The summed E-state index contributed by atoms with van der Waals surface area (Å²) in [6, 6.07) is 13.9. The first-order chi connectivity index (χ1) is 10.5. The van der Waals surface area contributed by atoms with Crippen LogP contribution in [0.3, 0.4) is 0 Å². The van der Waals surface area contributed by atoms with E-state index in [1.165, 1.54) is 16.3 Å². The van der Waals surface area contributed by atoms with E-state index in [1.807, 2.05) is 18.2 Å². The van der Waals surface area contributed by atoms with Crippen molar-refractivity contribution in [3.63, 3.8) is 0 Å². The van der Waals surface area contributed by atoms with Crippen LogP contribution < -0.4 is 5.32 Å². The zero-order chi connectivity index (χ0) is 16.3. The van der Waals surface area contributed by atoms with E-state index < -0.39 is 8.07 Å². The predicted molar refractivity (Wildman–Crippen MR) is 96.4 cm³/mol. The first-order valence-electron chi connectivity index (χ1n) is 8.57. The third kappa shape index (κ3) is 2.79. The van der Waals surface area contributed by atoms with Gasteiger partial charge in [-0.2, -0.15) is 0 Å². The molecule has 2 nitrogen and oxygen atoms in total. The van der Waals surface area contributed by atoms with Crippen molar-refractivity contribution < 1.29 is 4.79 Å². The van der Waals surface area contributed by atoms with E-state index in [0.29, 0.717) is 5.92 Å². The lowest BCUT2D eigenvalue weighted by molar-refractivity contribution is -0.118. The highest BCUT2D eigenvalue weighted by molar-refractivity contribution is 6.90. The topological polar surface area (TPSA) is 29.1 Å². The summed E-state index contributed by atoms with van der Waals surface area (Å²) in [7, 11) is -1.65. The molecule has 0 aromatic heterocycles. The molecule has 2 atom stereocenters. The molecule has 1 heterocycles. The minimum absolute atomic E-state index is 0.106. The number of nitrogens with one attached hydrogen (secondary N) is 1. The Hall–Kier alpha value is -1.35. The summed E-state index contributed by atoms with van der Waals surface area (Å²) in [6.07, 6.45) is 0. The molecule has 1 aromatic carbocycles. The van der Waals surface area contributed by atoms with Crippen LogP contribution in [0, 0.1) is 5.92 Å². The van der Waals surface area contributed by atoms with Crippen molar-refractivity contribution in [3.8, 4) is 0 Å². The van der Waals surface area contributed by atoms with Crippen LogP contribution in [0.5, 0.6) is 0 Å². The van der Waals surface area contributed by atoms with Crippen molar-refractivity contribution in [2.24, 2.45) is 5.92 Å². The van der Waals surface area contributed by atoms with Crippen LogP contribution in [0.4, 0.5) is 0 Å². The molecule has 22 heavy (non-hydrogen) atoms. The lowest BCUT2D eigenvalue weighted by atomic mass is 9.86. The van der Waals surface area contributed by atoms with E-state index in [4.69, 9.17) is 0 Å². The molecule has 1 amide bonds. The normalized spacial score (nSPS) is 22.7. The van der Waals surface area contributed by atoms with Gasteiger partial charge in [-0.25, -0.2) is 0 Å². The molecule has 120 valence electrons. The molecule has 0 saturated carbocycles. The van der Waals surface area contributed by atoms with Crippen molar-refractivity contribution in [1.29, 1.82) is 0 Å². The number of amides is 1. The van der Waals surface area contributed by atoms with Crippen LogP contribution in [0.2, 0.25) is 18.1 Å². The van der Waals surface area contributed by atoms with Crippen LogP contribution in [-0.2, 0) is 4.79 Å². The number of carbonyl (C=O) groups is 1. The van der Waals surface area contributed by atoms with Crippen molar-refractivity contribution in [2.75, 3.05) is 0 Å². The highest BCUT2D eigenvalue weighted by atomic mass is 28.3. The Morgan fingerprint density at radius 3 is 2.09 bits per heavy atom. The van der Waals surface area contributed by atoms with Gasteiger partial charge in [-0.1, -0.05) is 81.7 Å². The number of hydrogen-bond donors (Lipinski definition) is 1. The van der Waals surface area contributed by atoms with Crippen molar-refractivity contribution in [2.45, 2.75) is 58.8 Å². The van der Waals surface area contributed by atoms with E-state index in [-0.39, 0.29) is 11.9 Å². The van der Waals surface area contributed by atoms with E-state index >= 15 is 0 Å². The lowest BCUT2D eigenvalue weighted by Crippen LogP contribution is -2.49. The van der Waals surface area contributed by atoms with Crippen molar-refractivity contribution >= 4 is 14.0 Å². The molecule has 3 heteroatoms. The maximum absolute atomic E-state index is 12.9. The number of hydrogen-bond acceptors (Lipinski definition) is 1. The van der Waals surface area contributed by atoms with Gasteiger partial charge in [-0.05, 0) is 12.5 Å². The third-order valence-electron chi connectivity index (χ3n) is 5.81. The highest BCUT2D eigenvalue weighted by Crippen LogP contribution is 2.40. The van der Waals surface area contributed by atoms with Gasteiger partial charge in [0.1, 0.15) is 0 Å². The molecule has 2 rings (SSSR count). The average Bonchev–Trinajstić information content (AvgIpc) is 2.56. The van der Waals surface area contributed by atoms with Gasteiger partial charge in [0.25, 0.3) is 0 Å². The van der Waals surface area contributed by atoms with Crippen LogP contribution in [0.1, 0.15) is 46.2 Å². The summed E-state index contributed by atoms with van der Waals surface area (Å²) in [4.78, 5) is 12.9.